The van der Waals surface area contributed by atoms with Gasteiger partial charge in [0, 0.05) is 44.3 Å². The van der Waals surface area contributed by atoms with Crippen LogP contribution in [-0.2, 0) is 7.05 Å². The van der Waals surface area contributed by atoms with Gasteiger partial charge in [-0.15, -0.1) is 0 Å². The Hall–Kier alpha value is -3.78. The standard InChI is InChI=1S/C24H21FN4O3/c1-28-12-17(24(31)32)22(30)16-9-15-10-18(25)21(11-19(15)27-23(16)28)29-8-7-26-20(13-29)14-5-3-2-4-6-14/h2-6,9-12,20,26H,7-8,13H2,1H3,(H,31,32). The molecular weight excluding hydrogens is 411 g/mol. The summed E-state index contributed by atoms with van der Waals surface area (Å²) in [6.07, 6.45) is 1.26. The maximum atomic E-state index is 15.2. The molecule has 1 fully saturated rings. The highest BCUT2D eigenvalue weighted by atomic mass is 19.1. The third-order valence-electron chi connectivity index (χ3n) is 5.96. The molecule has 5 rings (SSSR count). The molecule has 0 aliphatic carbocycles. The van der Waals surface area contributed by atoms with Crippen molar-refractivity contribution in [2.75, 3.05) is 24.5 Å². The van der Waals surface area contributed by atoms with Gasteiger partial charge >= 0.3 is 5.97 Å². The second-order valence-corrected chi connectivity index (χ2v) is 8.01. The van der Waals surface area contributed by atoms with Gasteiger partial charge in [-0.1, -0.05) is 30.3 Å². The monoisotopic (exact) mass is 432 g/mol. The first-order chi connectivity index (χ1) is 15.4. The summed E-state index contributed by atoms with van der Waals surface area (Å²) < 4.78 is 16.7. The number of carboxylic acids is 1. The first-order valence-corrected chi connectivity index (χ1v) is 10.3. The lowest BCUT2D eigenvalue weighted by Gasteiger charge is -2.35. The van der Waals surface area contributed by atoms with Crippen LogP contribution in [0.2, 0.25) is 0 Å². The van der Waals surface area contributed by atoms with E-state index in [4.69, 9.17) is 0 Å². The van der Waals surface area contributed by atoms with Gasteiger partial charge in [-0.2, -0.15) is 0 Å². The van der Waals surface area contributed by atoms with Crippen molar-refractivity contribution >= 4 is 33.6 Å². The van der Waals surface area contributed by atoms with Crippen molar-refractivity contribution in [1.82, 2.24) is 14.9 Å². The average molecular weight is 432 g/mol. The smallest absolute Gasteiger partial charge is 0.341 e. The number of hydrogen-bond acceptors (Lipinski definition) is 5. The van der Waals surface area contributed by atoms with Gasteiger partial charge in [0.25, 0.3) is 0 Å². The van der Waals surface area contributed by atoms with Crippen molar-refractivity contribution in [3.8, 4) is 0 Å². The Labute approximate surface area is 182 Å². The number of piperazine rings is 1. The van der Waals surface area contributed by atoms with Gasteiger partial charge in [0.1, 0.15) is 17.0 Å². The summed E-state index contributed by atoms with van der Waals surface area (Å²) in [5.74, 6) is -1.71. The van der Waals surface area contributed by atoms with E-state index >= 15 is 4.39 Å². The van der Waals surface area contributed by atoms with E-state index in [0.717, 1.165) is 5.56 Å². The number of anilines is 1. The molecule has 0 bridgehead atoms. The molecule has 2 aromatic heterocycles. The highest BCUT2D eigenvalue weighted by Gasteiger charge is 2.24. The van der Waals surface area contributed by atoms with Gasteiger partial charge in [0.15, 0.2) is 0 Å². The quantitative estimate of drug-likeness (QED) is 0.484. The summed E-state index contributed by atoms with van der Waals surface area (Å²) in [6, 6.07) is 14.7. The third kappa shape index (κ3) is 3.38. The Balaban J connectivity index is 1.59. The Kier molecular flexibility index (Phi) is 4.86. The number of carboxylic acid groups (broad SMARTS) is 1. The summed E-state index contributed by atoms with van der Waals surface area (Å²) in [5, 5.41) is 13.4. The summed E-state index contributed by atoms with van der Waals surface area (Å²) in [4.78, 5) is 30.5. The number of rotatable bonds is 3. The molecule has 1 aliphatic heterocycles. The van der Waals surface area contributed by atoms with Crippen LogP contribution in [-0.4, -0.2) is 40.3 Å². The van der Waals surface area contributed by atoms with E-state index in [9.17, 15) is 14.7 Å². The molecule has 0 spiro atoms. The molecule has 2 aromatic carbocycles. The van der Waals surface area contributed by atoms with Gasteiger partial charge in [0.2, 0.25) is 5.43 Å². The molecule has 7 nitrogen and oxygen atoms in total. The molecule has 1 saturated heterocycles. The average Bonchev–Trinajstić information content (AvgIpc) is 2.80. The topological polar surface area (TPSA) is 87.5 Å². The maximum absolute atomic E-state index is 15.2. The molecule has 1 atom stereocenters. The molecule has 0 radical (unpaired) electrons. The Morgan fingerprint density at radius 1 is 1.22 bits per heavy atom. The number of aryl methyl sites for hydroxylation is 1. The Bertz CT molecular complexity index is 1420. The Morgan fingerprint density at radius 2 is 2.00 bits per heavy atom. The molecule has 4 aromatic rings. The zero-order valence-electron chi connectivity index (χ0n) is 17.4. The van der Waals surface area contributed by atoms with E-state index in [2.05, 4.69) is 22.4 Å². The molecule has 1 aliphatic rings. The SMILES string of the molecule is Cn1cc(C(=O)O)c(=O)c2cc3cc(F)c(N4CCNC(c5ccccc5)C4)cc3nc21. The number of carbonyl (C=O) groups is 1. The molecular formula is C24H21FN4O3. The lowest BCUT2D eigenvalue weighted by Crippen LogP contribution is -2.46. The molecule has 0 saturated carbocycles. The first kappa shape index (κ1) is 20.1. The van der Waals surface area contributed by atoms with Crippen LogP contribution in [0.1, 0.15) is 22.0 Å². The van der Waals surface area contributed by atoms with E-state index < -0.39 is 17.2 Å². The number of nitrogens with zero attached hydrogens (tertiary/aromatic N) is 3. The fourth-order valence-corrected chi connectivity index (χ4v) is 4.34. The fraction of sp³-hybridized carbons (Fsp3) is 0.208. The van der Waals surface area contributed by atoms with Crippen molar-refractivity contribution in [1.29, 1.82) is 0 Å². The Morgan fingerprint density at radius 3 is 2.75 bits per heavy atom. The van der Waals surface area contributed by atoms with Gasteiger partial charge in [-0.25, -0.2) is 14.2 Å². The number of benzene rings is 2. The van der Waals surface area contributed by atoms with E-state index in [1.165, 1.54) is 22.9 Å². The van der Waals surface area contributed by atoms with E-state index in [1.807, 2.05) is 23.1 Å². The van der Waals surface area contributed by atoms with Crippen LogP contribution in [0, 0.1) is 5.82 Å². The fourth-order valence-electron chi connectivity index (χ4n) is 4.34. The lowest BCUT2D eigenvalue weighted by atomic mass is 10.0. The number of fused-ring (bicyclic) bond motifs is 2. The highest BCUT2D eigenvalue weighted by molar-refractivity contribution is 5.96. The minimum Gasteiger partial charge on any atom is -0.477 e. The predicted octanol–water partition coefficient (Wildman–Crippen LogP) is 3.07. The summed E-state index contributed by atoms with van der Waals surface area (Å²) in [6.45, 7) is 1.98. The summed E-state index contributed by atoms with van der Waals surface area (Å²) >= 11 is 0. The van der Waals surface area contributed by atoms with Gasteiger partial charge in [0.05, 0.1) is 16.6 Å². The molecule has 32 heavy (non-hydrogen) atoms. The van der Waals surface area contributed by atoms with Crippen LogP contribution in [0.25, 0.3) is 21.9 Å². The van der Waals surface area contributed by atoms with Gasteiger partial charge in [-0.05, 0) is 23.8 Å². The van der Waals surface area contributed by atoms with Crippen molar-refractivity contribution in [3.05, 3.63) is 81.9 Å². The van der Waals surface area contributed by atoms with Crippen LogP contribution >= 0.6 is 0 Å². The van der Waals surface area contributed by atoms with E-state index in [1.54, 1.807) is 13.1 Å². The second-order valence-electron chi connectivity index (χ2n) is 8.01. The van der Waals surface area contributed by atoms with Crippen LogP contribution in [0.3, 0.4) is 0 Å². The number of hydrogen-bond donors (Lipinski definition) is 2. The number of pyridine rings is 2. The minimum atomic E-state index is -1.30. The predicted molar refractivity (Wildman–Crippen MR) is 121 cm³/mol. The zero-order chi connectivity index (χ0) is 22.4. The normalized spacial score (nSPS) is 16.6. The van der Waals surface area contributed by atoms with Crippen molar-refractivity contribution < 1.29 is 14.3 Å². The van der Waals surface area contributed by atoms with Gasteiger partial charge < -0.3 is 19.9 Å². The van der Waals surface area contributed by atoms with Crippen molar-refractivity contribution in [2.45, 2.75) is 6.04 Å². The van der Waals surface area contributed by atoms with Gasteiger partial charge in [-0.3, -0.25) is 4.79 Å². The minimum absolute atomic E-state index is 0.0832. The van der Waals surface area contributed by atoms with Crippen LogP contribution in [0.15, 0.2) is 59.5 Å². The molecule has 0 amide bonds. The first-order valence-electron chi connectivity index (χ1n) is 10.3. The molecule has 8 heteroatoms. The summed E-state index contributed by atoms with van der Waals surface area (Å²) in [7, 11) is 1.64. The lowest BCUT2D eigenvalue weighted by molar-refractivity contribution is 0.0695. The molecule has 162 valence electrons. The molecule has 2 N–H and O–H groups in total. The van der Waals surface area contributed by atoms with Crippen LogP contribution in [0.5, 0.6) is 0 Å². The van der Waals surface area contributed by atoms with Crippen molar-refractivity contribution in [2.24, 2.45) is 7.05 Å². The van der Waals surface area contributed by atoms with Crippen LogP contribution in [0.4, 0.5) is 10.1 Å². The van der Waals surface area contributed by atoms with Crippen LogP contribution < -0.4 is 15.6 Å². The molecule has 3 heterocycles. The largest absolute Gasteiger partial charge is 0.477 e. The maximum Gasteiger partial charge on any atom is 0.341 e. The number of aromatic nitrogens is 2. The molecule has 1 unspecified atom stereocenters. The van der Waals surface area contributed by atoms with Crippen molar-refractivity contribution in [3.63, 3.8) is 0 Å². The second kappa shape index (κ2) is 7.72. The number of halogens is 1. The third-order valence-corrected chi connectivity index (χ3v) is 5.96. The number of aromatic carboxylic acids is 1. The van der Waals surface area contributed by atoms with E-state index in [-0.39, 0.29) is 17.0 Å². The highest BCUT2D eigenvalue weighted by Crippen LogP contribution is 2.29. The number of nitrogens with one attached hydrogen (secondary N) is 1. The zero-order valence-corrected chi connectivity index (χ0v) is 17.4. The van der Waals surface area contributed by atoms with E-state index in [0.29, 0.717) is 41.9 Å². The summed E-state index contributed by atoms with van der Waals surface area (Å²) in [5.41, 5.74) is 1.53.